The molecule has 0 atom stereocenters. The van der Waals surface area contributed by atoms with Crippen molar-refractivity contribution in [1.82, 2.24) is 4.90 Å². The fourth-order valence-corrected chi connectivity index (χ4v) is 2.13. The van der Waals surface area contributed by atoms with Crippen molar-refractivity contribution < 1.29 is 9.53 Å². The van der Waals surface area contributed by atoms with E-state index >= 15 is 0 Å². The van der Waals surface area contributed by atoms with Gasteiger partial charge in [-0.25, -0.2) is 0 Å². The van der Waals surface area contributed by atoms with E-state index in [4.69, 9.17) is 10.5 Å². The van der Waals surface area contributed by atoms with E-state index in [1.807, 2.05) is 4.90 Å². The molecule has 0 unspecified atom stereocenters. The smallest absolute Gasteiger partial charge is 0.236 e. The Labute approximate surface area is 84.4 Å². The zero-order valence-electron chi connectivity index (χ0n) is 8.45. The van der Waals surface area contributed by atoms with E-state index in [9.17, 15) is 4.79 Å². The summed E-state index contributed by atoms with van der Waals surface area (Å²) in [6, 6.07) is 0.862. The Kier molecular flexibility index (Phi) is 3.03. The van der Waals surface area contributed by atoms with Gasteiger partial charge >= 0.3 is 0 Å². The lowest BCUT2D eigenvalue weighted by Crippen LogP contribution is -2.47. The van der Waals surface area contributed by atoms with Crippen LogP contribution in [0.1, 0.15) is 25.7 Å². The summed E-state index contributed by atoms with van der Waals surface area (Å²) in [5.41, 5.74) is 5.42. The van der Waals surface area contributed by atoms with Gasteiger partial charge in [-0.05, 0) is 25.7 Å². The Morgan fingerprint density at radius 1 is 1.21 bits per heavy atom. The SMILES string of the molecule is NCC(=O)N(C1CCOCC1)C1CC1. The van der Waals surface area contributed by atoms with Gasteiger partial charge in [-0.15, -0.1) is 0 Å². The lowest BCUT2D eigenvalue weighted by molar-refractivity contribution is -0.134. The highest BCUT2D eigenvalue weighted by Crippen LogP contribution is 2.31. The second kappa shape index (κ2) is 4.28. The first-order chi connectivity index (χ1) is 6.83. The van der Waals surface area contributed by atoms with Crippen LogP contribution < -0.4 is 5.73 Å². The highest BCUT2D eigenvalue weighted by molar-refractivity contribution is 5.79. The predicted molar refractivity (Wildman–Crippen MR) is 52.8 cm³/mol. The third-order valence-electron chi connectivity index (χ3n) is 2.99. The lowest BCUT2D eigenvalue weighted by Gasteiger charge is -2.34. The van der Waals surface area contributed by atoms with E-state index in [-0.39, 0.29) is 12.5 Å². The van der Waals surface area contributed by atoms with E-state index in [0.717, 1.165) is 38.9 Å². The van der Waals surface area contributed by atoms with Gasteiger partial charge in [0.15, 0.2) is 0 Å². The Hall–Kier alpha value is -0.610. The van der Waals surface area contributed by atoms with E-state index in [1.54, 1.807) is 0 Å². The topological polar surface area (TPSA) is 55.6 Å². The van der Waals surface area contributed by atoms with Gasteiger partial charge in [0.25, 0.3) is 0 Å². The first-order valence-electron chi connectivity index (χ1n) is 5.42. The molecule has 4 nitrogen and oxygen atoms in total. The summed E-state index contributed by atoms with van der Waals surface area (Å²) in [4.78, 5) is 13.7. The van der Waals surface area contributed by atoms with E-state index in [1.165, 1.54) is 0 Å². The maximum absolute atomic E-state index is 11.7. The molecule has 1 amide bonds. The number of rotatable bonds is 3. The van der Waals surface area contributed by atoms with Crippen LogP contribution in [-0.4, -0.2) is 42.6 Å². The lowest BCUT2D eigenvalue weighted by atomic mass is 10.1. The van der Waals surface area contributed by atoms with Gasteiger partial charge in [0.05, 0.1) is 6.54 Å². The number of carbonyl (C=O) groups excluding carboxylic acids is 1. The van der Waals surface area contributed by atoms with E-state index in [2.05, 4.69) is 0 Å². The van der Waals surface area contributed by atoms with Crippen LogP contribution in [0.3, 0.4) is 0 Å². The minimum absolute atomic E-state index is 0.111. The summed E-state index contributed by atoms with van der Waals surface area (Å²) in [5, 5.41) is 0. The molecule has 4 heteroatoms. The molecule has 2 fully saturated rings. The van der Waals surface area contributed by atoms with Crippen molar-refractivity contribution in [2.45, 2.75) is 37.8 Å². The van der Waals surface area contributed by atoms with Gasteiger partial charge in [-0.1, -0.05) is 0 Å². The number of carbonyl (C=O) groups is 1. The third kappa shape index (κ3) is 2.07. The standard InChI is InChI=1S/C10H18N2O2/c11-7-10(13)12(8-1-2-8)9-3-5-14-6-4-9/h8-9H,1-7,11H2. The van der Waals surface area contributed by atoms with Crippen LogP contribution in [0.25, 0.3) is 0 Å². The third-order valence-corrected chi connectivity index (χ3v) is 2.99. The Morgan fingerprint density at radius 2 is 1.79 bits per heavy atom. The molecule has 2 N–H and O–H groups in total. The summed E-state index contributed by atoms with van der Waals surface area (Å²) in [6.07, 6.45) is 4.26. The minimum Gasteiger partial charge on any atom is -0.381 e. The molecular weight excluding hydrogens is 180 g/mol. The van der Waals surface area contributed by atoms with Crippen molar-refractivity contribution in [2.75, 3.05) is 19.8 Å². The molecule has 0 aromatic carbocycles. The first kappa shape index (κ1) is 9.93. The minimum atomic E-state index is 0.111. The van der Waals surface area contributed by atoms with Gasteiger partial charge in [0.2, 0.25) is 5.91 Å². The molecule has 0 spiro atoms. The van der Waals surface area contributed by atoms with E-state index < -0.39 is 0 Å². The molecule has 80 valence electrons. The highest BCUT2D eigenvalue weighted by Gasteiger charge is 2.37. The summed E-state index contributed by atoms with van der Waals surface area (Å²) >= 11 is 0. The van der Waals surface area contributed by atoms with Gasteiger partial charge in [-0.2, -0.15) is 0 Å². The molecular formula is C10H18N2O2. The average molecular weight is 198 g/mol. The van der Waals surface area contributed by atoms with Gasteiger partial charge in [-0.3, -0.25) is 4.79 Å². The zero-order valence-corrected chi connectivity index (χ0v) is 8.45. The van der Waals surface area contributed by atoms with Gasteiger partial charge < -0.3 is 15.4 Å². The molecule has 1 saturated carbocycles. The number of amides is 1. The Bertz CT molecular complexity index is 210. The first-order valence-corrected chi connectivity index (χ1v) is 5.42. The number of ether oxygens (including phenoxy) is 1. The van der Waals surface area contributed by atoms with Crippen LogP contribution in [0.15, 0.2) is 0 Å². The molecule has 0 bridgehead atoms. The van der Waals surface area contributed by atoms with Crippen molar-refractivity contribution in [3.05, 3.63) is 0 Å². The molecule has 1 heterocycles. The van der Waals surface area contributed by atoms with Crippen LogP contribution >= 0.6 is 0 Å². The molecule has 0 aromatic rings. The molecule has 2 rings (SSSR count). The maximum Gasteiger partial charge on any atom is 0.236 e. The largest absolute Gasteiger partial charge is 0.381 e. The number of nitrogens with two attached hydrogens (primary N) is 1. The molecule has 0 radical (unpaired) electrons. The summed E-state index contributed by atoms with van der Waals surface area (Å²) in [7, 11) is 0. The van der Waals surface area contributed by atoms with Crippen LogP contribution in [0.2, 0.25) is 0 Å². The quantitative estimate of drug-likeness (QED) is 0.700. The molecule has 1 aliphatic heterocycles. The van der Waals surface area contributed by atoms with Crippen molar-refractivity contribution in [1.29, 1.82) is 0 Å². The normalized spacial score (nSPS) is 23.5. The summed E-state index contributed by atoms with van der Waals surface area (Å²) in [6.45, 7) is 1.71. The Morgan fingerprint density at radius 3 is 2.29 bits per heavy atom. The second-order valence-corrected chi connectivity index (χ2v) is 4.08. The number of hydrogen-bond donors (Lipinski definition) is 1. The monoisotopic (exact) mass is 198 g/mol. The summed E-state index contributed by atoms with van der Waals surface area (Å²) in [5.74, 6) is 0.111. The zero-order chi connectivity index (χ0) is 9.97. The fraction of sp³-hybridized carbons (Fsp3) is 0.900. The van der Waals surface area contributed by atoms with Crippen LogP contribution in [-0.2, 0) is 9.53 Å². The number of nitrogens with zero attached hydrogens (tertiary/aromatic N) is 1. The Balaban J connectivity index is 1.97. The molecule has 2 aliphatic rings. The number of hydrogen-bond acceptors (Lipinski definition) is 3. The molecule has 1 aliphatic carbocycles. The van der Waals surface area contributed by atoms with E-state index in [0.29, 0.717) is 12.1 Å². The predicted octanol–water partition coefficient (Wildman–Crippen LogP) is 0.115. The fourth-order valence-electron chi connectivity index (χ4n) is 2.13. The highest BCUT2D eigenvalue weighted by atomic mass is 16.5. The van der Waals surface area contributed by atoms with Gasteiger partial charge in [0.1, 0.15) is 0 Å². The molecule has 14 heavy (non-hydrogen) atoms. The van der Waals surface area contributed by atoms with Gasteiger partial charge in [0, 0.05) is 25.3 Å². The van der Waals surface area contributed by atoms with Crippen molar-refractivity contribution in [2.24, 2.45) is 5.73 Å². The average Bonchev–Trinajstić information content (AvgIpc) is 3.04. The van der Waals surface area contributed by atoms with Crippen LogP contribution in [0, 0.1) is 0 Å². The van der Waals surface area contributed by atoms with Crippen LogP contribution in [0.5, 0.6) is 0 Å². The maximum atomic E-state index is 11.7. The molecule has 0 aromatic heterocycles. The van der Waals surface area contributed by atoms with Crippen molar-refractivity contribution in [3.63, 3.8) is 0 Å². The second-order valence-electron chi connectivity index (χ2n) is 4.08. The van der Waals surface area contributed by atoms with Crippen molar-refractivity contribution >= 4 is 5.91 Å². The summed E-state index contributed by atoms with van der Waals surface area (Å²) < 4.78 is 5.29. The molecule has 1 saturated heterocycles. The van der Waals surface area contributed by atoms with Crippen LogP contribution in [0.4, 0.5) is 0 Å². The van der Waals surface area contributed by atoms with Crippen molar-refractivity contribution in [3.8, 4) is 0 Å².